The van der Waals surface area contributed by atoms with Gasteiger partial charge in [0.1, 0.15) is 5.75 Å². The normalized spacial score (nSPS) is 21.2. The molecule has 3 aromatic carbocycles. The maximum atomic E-state index is 7.08. The number of benzene rings is 3. The van der Waals surface area contributed by atoms with Crippen molar-refractivity contribution >= 4 is 17.1 Å². The fourth-order valence-corrected chi connectivity index (χ4v) is 8.54. The van der Waals surface area contributed by atoms with Gasteiger partial charge in [-0.25, -0.2) is 5.84 Å². The first-order valence-electron chi connectivity index (χ1n) is 18.7. The Morgan fingerprint density at radius 2 is 1.53 bits per heavy atom. The minimum absolute atomic E-state index is 0.0386. The third-order valence-corrected chi connectivity index (χ3v) is 11.1. The Hall–Kier alpha value is -4.68. The van der Waals surface area contributed by atoms with Gasteiger partial charge in [-0.2, -0.15) is 0 Å². The lowest BCUT2D eigenvalue weighted by molar-refractivity contribution is 0.413. The average Bonchev–Trinajstić information content (AvgIpc) is 3.48. The van der Waals surface area contributed by atoms with Crippen LogP contribution in [0.1, 0.15) is 90.3 Å². The highest BCUT2D eigenvalue weighted by Crippen LogP contribution is 2.48. The van der Waals surface area contributed by atoms with Crippen LogP contribution in [-0.4, -0.2) is 31.3 Å². The molecule has 268 valence electrons. The van der Waals surface area contributed by atoms with E-state index in [9.17, 15) is 0 Å². The summed E-state index contributed by atoms with van der Waals surface area (Å²) in [6.07, 6.45) is 16.4. The summed E-state index contributed by atoms with van der Waals surface area (Å²) in [5, 5.41) is 1.75. The van der Waals surface area contributed by atoms with Crippen molar-refractivity contribution < 1.29 is 4.74 Å². The molecule has 0 saturated heterocycles. The van der Waals surface area contributed by atoms with Gasteiger partial charge in [0.15, 0.2) is 0 Å². The standard InChI is InChI=1S/C45H57N5O/c1-8-29-48-38-22-13-11-20-35(38)44(3,4)41(48)27-25-32-17-16-18-33(43(32)50(47)31-37(46)34-19-10-15-24-40(34)51-7)26-28-42-45(5,6)36-21-12-14-23-39(36)49(42)30-9-2/h10-15,19-28,31,41H,8-9,16-18,29-30,46-47H2,1-7H3/b27-25+,33-26+,37-31-,42-28+. The summed E-state index contributed by atoms with van der Waals surface area (Å²) in [5.41, 5.74) is 18.2. The Bertz CT molecular complexity index is 1890. The van der Waals surface area contributed by atoms with Gasteiger partial charge in [0.05, 0.1) is 24.5 Å². The monoisotopic (exact) mass is 683 g/mol. The topological polar surface area (TPSA) is 71.0 Å². The maximum absolute atomic E-state index is 7.08. The molecule has 0 radical (unpaired) electrons. The Labute approximate surface area is 306 Å². The van der Waals surface area contributed by atoms with Gasteiger partial charge in [-0.3, -0.25) is 5.01 Å². The Kier molecular flexibility index (Phi) is 10.5. The molecule has 1 aliphatic carbocycles. The van der Waals surface area contributed by atoms with Crippen LogP contribution >= 0.6 is 0 Å². The maximum Gasteiger partial charge on any atom is 0.128 e. The van der Waals surface area contributed by atoms with Crippen molar-refractivity contribution in [2.75, 3.05) is 30.0 Å². The van der Waals surface area contributed by atoms with Gasteiger partial charge in [0.25, 0.3) is 0 Å². The second kappa shape index (κ2) is 14.9. The summed E-state index contributed by atoms with van der Waals surface area (Å²) in [5.74, 6) is 7.80. The van der Waals surface area contributed by atoms with Crippen molar-refractivity contribution in [1.29, 1.82) is 0 Å². The van der Waals surface area contributed by atoms with Crippen molar-refractivity contribution in [2.24, 2.45) is 11.6 Å². The van der Waals surface area contributed by atoms with E-state index in [1.807, 2.05) is 30.5 Å². The lowest BCUT2D eigenvalue weighted by Crippen LogP contribution is -2.40. The SMILES string of the molecule is CCCN1/C(=C/C=C2\CCCC(/C=C/C3N(CCC)c4ccccc4C3(C)C)=C2N(N)/C=C(\N)c2ccccc2OC)C(C)(C)c2ccccc21. The summed E-state index contributed by atoms with van der Waals surface area (Å²) in [7, 11) is 1.67. The van der Waals surface area contributed by atoms with Gasteiger partial charge in [-0.05, 0) is 84.7 Å². The third-order valence-electron chi connectivity index (χ3n) is 11.1. The molecular formula is C45H57N5O. The van der Waals surface area contributed by atoms with Crippen LogP contribution in [0.5, 0.6) is 5.75 Å². The van der Waals surface area contributed by atoms with Gasteiger partial charge in [0.2, 0.25) is 0 Å². The minimum atomic E-state index is -0.119. The number of hydrogen-bond acceptors (Lipinski definition) is 6. The number of anilines is 2. The number of rotatable bonds is 11. The zero-order valence-electron chi connectivity index (χ0n) is 31.7. The van der Waals surface area contributed by atoms with Crippen LogP contribution in [0.15, 0.2) is 126 Å². The Morgan fingerprint density at radius 3 is 2.25 bits per heavy atom. The van der Waals surface area contributed by atoms with E-state index in [0.717, 1.165) is 62.2 Å². The number of hydrazine groups is 1. The van der Waals surface area contributed by atoms with E-state index in [-0.39, 0.29) is 16.9 Å². The highest BCUT2D eigenvalue weighted by atomic mass is 16.5. The quantitative estimate of drug-likeness (QED) is 0.155. The third kappa shape index (κ3) is 6.74. The van der Waals surface area contributed by atoms with E-state index < -0.39 is 0 Å². The summed E-state index contributed by atoms with van der Waals surface area (Å²) < 4.78 is 5.65. The van der Waals surface area contributed by atoms with Gasteiger partial charge in [0, 0.05) is 52.8 Å². The Morgan fingerprint density at radius 1 is 0.863 bits per heavy atom. The Balaban J connectivity index is 1.46. The van der Waals surface area contributed by atoms with Crippen LogP contribution in [0.4, 0.5) is 11.4 Å². The summed E-state index contributed by atoms with van der Waals surface area (Å²) in [6.45, 7) is 15.9. The smallest absolute Gasteiger partial charge is 0.128 e. The van der Waals surface area contributed by atoms with Crippen LogP contribution in [0.25, 0.3) is 5.70 Å². The highest BCUT2D eigenvalue weighted by Gasteiger charge is 2.43. The first kappa shape index (κ1) is 36.1. The lowest BCUT2D eigenvalue weighted by Gasteiger charge is -2.33. The van der Waals surface area contributed by atoms with Gasteiger partial charge < -0.3 is 20.3 Å². The predicted molar refractivity (Wildman–Crippen MR) is 215 cm³/mol. The molecule has 2 aliphatic heterocycles. The molecular weight excluding hydrogens is 627 g/mol. The molecule has 0 fully saturated rings. The van der Waals surface area contributed by atoms with Crippen LogP contribution in [-0.2, 0) is 10.8 Å². The molecule has 0 bridgehead atoms. The van der Waals surface area contributed by atoms with Crippen LogP contribution < -0.4 is 26.1 Å². The molecule has 51 heavy (non-hydrogen) atoms. The molecule has 2 heterocycles. The summed E-state index contributed by atoms with van der Waals surface area (Å²) in [4.78, 5) is 5.08. The zero-order chi connectivity index (χ0) is 36.3. The van der Waals surface area contributed by atoms with E-state index >= 15 is 0 Å². The molecule has 1 atom stereocenters. The zero-order valence-corrected chi connectivity index (χ0v) is 31.7. The molecule has 4 N–H and O–H groups in total. The second-order valence-corrected chi connectivity index (χ2v) is 15.2. The number of fused-ring (bicyclic) bond motifs is 2. The molecule has 3 aliphatic rings. The van der Waals surface area contributed by atoms with E-state index in [2.05, 4.69) is 124 Å². The van der Waals surface area contributed by atoms with E-state index in [1.165, 1.54) is 39.3 Å². The van der Waals surface area contributed by atoms with Crippen LogP contribution in [0.3, 0.4) is 0 Å². The van der Waals surface area contributed by atoms with Crippen LogP contribution in [0, 0.1) is 0 Å². The minimum Gasteiger partial charge on any atom is -0.496 e. The lowest BCUT2D eigenvalue weighted by atomic mass is 9.80. The first-order chi connectivity index (χ1) is 24.5. The predicted octanol–water partition coefficient (Wildman–Crippen LogP) is 9.72. The highest BCUT2D eigenvalue weighted by molar-refractivity contribution is 5.71. The molecule has 6 rings (SSSR count). The first-order valence-corrected chi connectivity index (χ1v) is 18.7. The van der Waals surface area contributed by atoms with Crippen molar-refractivity contribution in [3.8, 4) is 5.75 Å². The molecule has 3 aromatic rings. The largest absolute Gasteiger partial charge is 0.496 e. The fraction of sp³-hybridized carbons (Fsp3) is 0.378. The number of hydrogen-bond donors (Lipinski definition) is 2. The molecule has 6 nitrogen and oxygen atoms in total. The number of para-hydroxylation sites is 3. The molecule has 0 amide bonds. The molecule has 0 saturated carbocycles. The second-order valence-electron chi connectivity index (χ2n) is 15.2. The number of ether oxygens (including phenoxy) is 1. The van der Waals surface area contributed by atoms with Gasteiger partial charge >= 0.3 is 0 Å². The molecule has 6 heteroatoms. The van der Waals surface area contributed by atoms with Gasteiger partial charge in [-0.1, -0.05) is 108 Å². The van der Waals surface area contributed by atoms with Crippen molar-refractivity contribution in [1.82, 2.24) is 5.01 Å². The number of nitrogens with two attached hydrogens (primary N) is 2. The molecule has 0 aromatic heterocycles. The van der Waals surface area contributed by atoms with Crippen molar-refractivity contribution in [3.63, 3.8) is 0 Å². The number of allylic oxidation sites excluding steroid dienone is 6. The van der Waals surface area contributed by atoms with E-state index in [0.29, 0.717) is 5.70 Å². The molecule has 1 unspecified atom stereocenters. The summed E-state index contributed by atoms with van der Waals surface area (Å²) in [6, 6.07) is 25.8. The van der Waals surface area contributed by atoms with Crippen LogP contribution in [0.2, 0.25) is 0 Å². The van der Waals surface area contributed by atoms with Gasteiger partial charge in [-0.15, -0.1) is 0 Å². The van der Waals surface area contributed by atoms with E-state index in [4.69, 9.17) is 16.3 Å². The molecule has 0 spiro atoms. The number of methoxy groups -OCH3 is 1. The summed E-state index contributed by atoms with van der Waals surface area (Å²) >= 11 is 0. The average molecular weight is 684 g/mol. The number of nitrogens with zero attached hydrogens (tertiary/aromatic N) is 3. The van der Waals surface area contributed by atoms with Crippen molar-refractivity contribution in [2.45, 2.75) is 90.5 Å². The van der Waals surface area contributed by atoms with E-state index in [1.54, 1.807) is 12.1 Å². The fourth-order valence-electron chi connectivity index (χ4n) is 8.54. The van der Waals surface area contributed by atoms with Crippen molar-refractivity contribution in [3.05, 3.63) is 143 Å².